The first-order chi connectivity index (χ1) is 15.1. The quantitative estimate of drug-likeness (QED) is 0.138. The molecule has 0 saturated carbocycles. The highest BCUT2D eigenvalue weighted by Gasteiger charge is 2.31. The van der Waals surface area contributed by atoms with Gasteiger partial charge in [-0.15, -0.1) is 12.8 Å². The van der Waals surface area contributed by atoms with Gasteiger partial charge in [0, 0.05) is 30.8 Å². The van der Waals surface area contributed by atoms with Crippen molar-refractivity contribution in [2.24, 2.45) is 10.5 Å². The van der Waals surface area contributed by atoms with E-state index in [0.717, 1.165) is 12.8 Å². The Morgan fingerprint density at radius 1 is 1.16 bits per heavy atom. The highest BCUT2D eigenvalue weighted by atomic mass is 16.6. The van der Waals surface area contributed by atoms with E-state index >= 15 is 0 Å². The molecule has 0 saturated heterocycles. The molecule has 0 radical (unpaired) electrons. The third-order valence-corrected chi connectivity index (χ3v) is 3.74. The second-order valence-corrected chi connectivity index (χ2v) is 7.66. The number of hydrazone groups is 1. The molecule has 0 unspecified atom stereocenters. The minimum absolute atomic E-state index is 0.00925. The van der Waals surface area contributed by atoms with Gasteiger partial charge in [-0.1, -0.05) is 79.9 Å². The molecule has 6 heteroatoms. The molecule has 0 spiro atoms. The van der Waals surface area contributed by atoms with E-state index in [1.807, 2.05) is 20.8 Å². The lowest BCUT2D eigenvalue weighted by Gasteiger charge is -2.27. The standard InChI is InChI=1S/C18H25N3O3.2C3H8.C2H2/c1-6-11-18(3,4)17(22)16(20(5)19-7-2)13-14-9-8-10-15(12-14)21(23)24;2*1-3-2;1-2/h7-10,12-13H,6,11H2,1-5H3;2*3H2,1-2H3;1-2H/b16-13-,19-7-;;;. The van der Waals surface area contributed by atoms with Gasteiger partial charge in [-0.3, -0.25) is 19.9 Å². The van der Waals surface area contributed by atoms with E-state index in [1.54, 1.807) is 38.4 Å². The zero-order valence-electron chi connectivity index (χ0n) is 21.5. The van der Waals surface area contributed by atoms with Crippen LogP contribution in [0.5, 0.6) is 0 Å². The molecule has 0 amide bonds. The van der Waals surface area contributed by atoms with E-state index in [1.165, 1.54) is 30.0 Å². The summed E-state index contributed by atoms with van der Waals surface area (Å²) >= 11 is 0. The van der Waals surface area contributed by atoms with Gasteiger partial charge in [0.2, 0.25) is 0 Å². The zero-order valence-corrected chi connectivity index (χ0v) is 21.5. The third-order valence-electron chi connectivity index (χ3n) is 3.74. The van der Waals surface area contributed by atoms with E-state index in [9.17, 15) is 14.9 Å². The Morgan fingerprint density at radius 3 is 2.06 bits per heavy atom. The fourth-order valence-corrected chi connectivity index (χ4v) is 2.51. The lowest BCUT2D eigenvalue weighted by Crippen LogP contribution is -2.31. The van der Waals surface area contributed by atoms with Crippen molar-refractivity contribution < 1.29 is 9.72 Å². The van der Waals surface area contributed by atoms with Gasteiger partial charge in [0.25, 0.3) is 5.69 Å². The average molecular weight is 446 g/mol. The van der Waals surface area contributed by atoms with E-state index < -0.39 is 10.3 Å². The number of nitro benzene ring substituents is 1. The highest BCUT2D eigenvalue weighted by Crippen LogP contribution is 2.29. The molecule has 0 aliphatic heterocycles. The molecule has 1 aromatic carbocycles. The van der Waals surface area contributed by atoms with Gasteiger partial charge < -0.3 is 0 Å². The van der Waals surface area contributed by atoms with E-state index in [4.69, 9.17) is 0 Å². The topological polar surface area (TPSA) is 75.8 Å². The van der Waals surface area contributed by atoms with Crippen molar-refractivity contribution in [1.29, 1.82) is 0 Å². The predicted molar refractivity (Wildman–Crippen MR) is 139 cm³/mol. The number of terminal acetylenes is 1. The number of benzene rings is 1. The van der Waals surface area contributed by atoms with Gasteiger partial charge in [0.05, 0.1) is 4.92 Å². The molecular weight excluding hydrogens is 402 g/mol. The van der Waals surface area contributed by atoms with Crippen LogP contribution in [-0.2, 0) is 4.79 Å². The molecule has 180 valence electrons. The Balaban J connectivity index is -0.000000920. The molecule has 1 aromatic rings. The summed E-state index contributed by atoms with van der Waals surface area (Å²) in [5.41, 5.74) is 0.466. The number of hydrogen-bond donors (Lipinski definition) is 0. The van der Waals surface area contributed by atoms with Gasteiger partial charge >= 0.3 is 0 Å². The SMILES string of the molecule is C#C.C/C=N\N(C)/C(=C\c1cccc([N+](=O)[O-])c1)C(=O)C(C)(C)CCC.CCC.CCC. The number of rotatable bonds is 8. The van der Waals surface area contributed by atoms with Gasteiger partial charge in [-0.05, 0) is 25.0 Å². The molecule has 0 atom stereocenters. The van der Waals surface area contributed by atoms with Crippen molar-refractivity contribution in [2.75, 3.05) is 7.05 Å². The van der Waals surface area contributed by atoms with Gasteiger partial charge in [0.15, 0.2) is 5.78 Å². The number of hydrogen-bond acceptors (Lipinski definition) is 5. The number of carbonyl (C=O) groups excluding carboxylic acids is 1. The molecule has 6 nitrogen and oxygen atoms in total. The summed E-state index contributed by atoms with van der Waals surface area (Å²) < 4.78 is 0. The van der Waals surface area contributed by atoms with Crippen LogP contribution in [0.3, 0.4) is 0 Å². The third kappa shape index (κ3) is 14.1. The molecule has 1 rings (SSSR count). The molecule has 0 aromatic heterocycles. The maximum atomic E-state index is 13.0. The van der Waals surface area contributed by atoms with E-state index in [0.29, 0.717) is 11.3 Å². The molecule has 0 N–H and O–H groups in total. The van der Waals surface area contributed by atoms with E-state index in [-0.39, 0.29) is 11.5 Å². The maximum Gasteiger partial charge on any atom is 0.270 e. The van der Waals surface area contributed by atoms with Crippen molar-refractivity contribution in [1.82, 2.24) is 5.01 Å². The van der Waals surface area contributed by atoms with Crippen LogP contribution >= 0.6 is 0 Å². The zero-order chi connectivity index (χ0) is 25.7. The molecule has 0 aliphatic rings. The monoisotopic (exact) mass is 445 g/mol. The Bertz CT molecular complexity index is 733. The second kappa shape index (κ2) is 20.0. The van der Waals surface area contributed by atoms with Crippen molar-refractivity contribution in [3.63, 3.8) is 0 Å². The Morgan fingerprint density at radius 2 is 1.66 bits per heavy atom. The predicted octanol–water partition coefficient (Wildman–Crippen LogP) is 7.35. The summed E-state index contributed by atoms with van der Waals surface area (Å²) in [6, 6.07) is 6.21. The van der Waals surface area contributed by atoms with Crippen molar-refractivity contribution >= 4 is 23.8 Å². The van der Waals surface area contributed by atoms with Crippen molar-refractivity contribution in [3.8, 4) is 12.8 Å². The lowest BCUT2D eigenvalue weighted by atomic mass is 9.81. The van der Waals surface area contributed by atoms with Gasteiger partial charge in [0.1, 0.15) is 5.70 Å². The van der Waals surface area contributed by atoms with Crippen LogP contribution in [0.1, 0.15) is 86.6 Å². The lowest BCUT2D eigenvalue weighted by molar-refractivity contribution is -0.384. The number of ketones is 1. The molecule has 0 aliphatic carbocycles. The summed E-state index contributed by atoms with van der Waals surface area (Å²) in [6.07, 6.45) is 15.4. The van der Waals surface area contributed by atoms with E-state index in [2.05, 4.69) is 45.6 Å². The fraction of sp³-hybridized carbons (Fsp3) is 0.538. The van der Waals surface area contributed by atoms with Crippen LogP contribution in [0.4, 0.5) is 5.69 Å². The molecule has 32 heavy (non-hydrogen) atoms. The normalized spacial score (nSPS) is 10.5. The Hall–Kier alpha value is -2.94. The number of Topliss-reactive ketones (excluding diaryl/α,β-unsaturated/α-hetero) is 1. The Kier molecular flexibility index (Phi) is 21.0. The molecular formula is C26H43N3O3. The molecule has 0 heterocycles. The van der Waals surface area contributed by atoms with Crippen molar-refractivity contribution in [3.05, 3.63) is 45.6 Å². The fourth-order valence-electron chi connectivity index (χ4n) is 2.51. The van der Waals surface area contributed by atoms with Crippen LogP contribution < -0.4 is 0 Å². The van der Waals surface area contributed by atoms with Crippen LogP contribution in [-0.4, -0.2) is 29.0 Å². The highest BCUT2D eigenvalue weighted by molar-refractivity contribution is 6.02. The average Bonchev–Trinajstić information content (AvgIpc) is 2.74. The summed E-state index contributed by atoms with van der Waals surface area (Å²) in [4.78, 5) is 23.5. The van der Waals surface area contributed by atoms with Crippen LogP contribution in [0.2, 0.25) is 0 Å². The summed E-state index contributed by atoms with van der Waals surface area (Å²) in [6.45, 7) is 16.1. The smallest absolute Gasteiger partial charge is 0.270 e. The van der Waals surface area contributed by atoms with Crippen LogP contribution in [0.25, 0.3) is 6.08 Å². The number of nitro groups is 1. The van der Waals surface area contributed by atoms with Gasteiger partial charge in [-0.2, -0.15) is 5.10 Å². The Labute approximate surface area is 195 Å². The van der Waals surface area contributed by atoms with Gasteiger partial charge in [-0.25, -0.2) is 0 Å². The number of non-ortho nitro benzene ring substituents is 1. The second-order valence-electron chi connectivity index (χ2n) is 7.66. The minimum atomic E-state index is -0.529. The summed E-state index contributed by atoms with van der Waals surface area (Å²) in [7, 11) is 1.70. The molecule has 0 bridgehead atoms. The maximum absolute atomic E-state index is 13.0. The molecule has 0 fully saturated rings. The number of carbonyl (C=O) groups is 1. The van der Waals surface area contributed by atoms with Crippen LogP contribution in [0, 0.1) is 28.4 Å². The largest absolute Gasteiger partial charge is 0.292 e. The summed E-state index contributed by atoms with van der Waals surface area (Å²) in [5, 5.41) is 16.6. The first-order valence-corrected chi connectivity index (χ1v) is 11.1. The number of nitrogens with zero attached hydrogens (tertiary/aromatic N) is 3. The first-order valence-electron chi connectivity index (χ1n) is 11.1. The number of likely N-dealkylation sites (N-methyl/N-ethyl adjacent to an activating group) is 1. The van der Waals surface area contributed by atoms with Crippen molar-refractivity contribution in [2.45, 2.75) is 81.1 Å². The first kappa shape index (κ1) is 33.7. The summed E-state index contributed by atoms with van der Waals surface area (Å²) in [5.74, 6) is -0.0380. The van der Waals surface area contributed by atoms with Crippen LogP contribution in [0.15, 0.2) is 35.1 Å². The number of allylic oxidation sites excluding steroid dienone is 1. The minimum Gasteiger partial charge on any atom is -0.292 e.